The number of esters is 1. The van der Waals surface area contributed by atoms with Crippen LogP contribution in [0.5, 0.6) is 5.75 Å². The number of nitrogens with zero attached hydrogens (tertiary/aromatic N) is 1. The van der Waals surface area contributed by atoms with Gasteiger partial charge < -0.3 is 19.7 Å². The van der Waals surface area contributed by atoms with E-state index in [1.807, 2.05) is 42.5 Å². The summed E-state index contributed by atoms with van der Waals surface area (Å²) < 4.78 is 36.0. The molecule has 3 aromatic carbocycles. The number of sulfone groups is 1. The SMILES string of the molecule is CC1(C)[C@H](C(=O)OCc2ccc3ccccc3c2)N2C(=O)[C@@H](NC(=O)COc3ccccc3)[C@H]2S1(=O)=O. The van der Waals surface area contributed by atoms with E-state index in [4.69, 9.17) is 9.47 Å². The number of hydrogen-bond acceptors (Lipinski definition) is 7. The van der Waals surface area contributed by atoms with E-state index < -0.39 is 49.8 Å². The lowest BCUT2D eigenvalue weighted by Gasteiger charge is -2.42. The Balaban J connectivity index is 1.27. The Morgan fingerprint density at radius 1 is 0.973 bits per heavy atom. The molecule has 0 aliphatic carbocycles. The molecule has 2 fully saturated rings. The van der Waals surface area contributed by atoms with Crippen LogP contribution in [0, 0.1) is 0 Å². The smallest absolute Gasteiger partial charge is 0.330 e. The maximum atomic E-state index is 13.3. The molecular formula is C27H26N2O7S. The first kappa shape index (κ1) is 24.8. The molecule has 2 aliphatic rings. The molecule has 0 radical (unpaired) electrons. The molecule has 0 bridgehead atoms. The van der Waals surface area contributed by atoms with Crippen molar-refractivity contribution in [2.75, 3.05) is 6.61 Å². The lowest BCUT2D eigenvalue weighted by molar-refractivity contribution is -0.165. The summed E-state index contributed by atoms with van der Waals surface area (Å²) in [6.45, 7) is 2.34. The van der Waals surface area contributed by atoms with Crippen LogP contribution in [-0.4, -0.2) is 59.9 Å². The fourth-order valence-electron chi connectivity index (χ4n) is 4.86. The fraction of sp³-hybridized carbons (Fsp3) is 0.296. The number of fused-ring (bicyclic) bond motifs is 2. The number of nitrogens with one attached hydrogen (secondary N) is 1. The number of carbonyl (C=O) groups is 3. The first-order valence-electron chi connectivity index (χ1n) is 11.8. The van der Waals surface area contributed by atoms with Crippen LogP contribution in [0.3, 0.4) is 0 Å². The van der Waals surface area contributed by atoms with Gasteiger partial charge in [0.1, 0.15) is 29.2 Å². The molecule has 2 aliphatic heterocycles. The van der Waals surface area contributed by atoms with Crippen molar-refractivity contribution >= 4 is 38.4 Å². The van der Waals surface area contributed by atoms with Gasteiger partial charge >= 0.3 is 5.97 Å². The Hall–Kier alpha value is -3.92. The van der Waals surface area contributed by atoms with Gasteiger partial charge in [-0.05, 0) is 48.4 Å². The lowest BCUT2D eigenvalue weighted by Crippen LogP contribution is -2.72. The molecule has 5 rings (SSSR count). The zero-order valence-corrected chi connectivity index (χ0v) is 21.1. The van der Waals surface area contributed by atoms with Gasteiger partial charge in [0.25, 0.3) is 5.91 Å². The summed E-state index contributed by atoms with van der Waals surface area (Å²) in [6.07, 6.45) is 0. The highest BCUT2D eigenvalue weighted by Gasteiger charge is 2.72. The van der Waals surface area contributed by atoms with Crippen molar-refractivity contribution < 1.29 is 32.3 Å². The second-order valence-electron chi connectivity index (χ2n) is 9.62. The Morgan fingerprint density at radius 3 is 2.38 bits per heavy atom. The third-order valence-electron chi connectivity index (χ3n) is 6.92. The molecule has 0 aromatic heterocycles. The molecule has 10 heteroatoms. The highest BCUT2D eigenvalue weighted by atomic mass is 32.2. The molecule has 0 saturated carbocycles. The number of β-lactam (4-membered cyclic amide) rings is 1. The van der Waals surface area contributed by atoms with Gasteiger partial charge in [-0.25, -0.2) is 13.2 Å². The fourth-order valence-corrected chi connectivity index (χ4v) is 7.07. The Labute approximate surface area is 214 Å². The average Bonchev–Trinajstić information content (AvgIpc) is 3.04. The summed E-state index contributed by atoms with van der Waals surface area (Å²) in [6, 6.07) is 19.4. The van der Waals surface area contributed by atoms with Crippen LogP contribution >= 0.6 is 0 Å². The number of benzene rings is 3. The molecule has 2 amide bonds. The van der Waals surface area contributed by atoms with E-state index >= 15 is 0 Å². The molecule has 1 N–H and O–H groups in total. The number of amides is 2. The van der Waals surface area contributed by atoms with Crippen molar-refractivity contribution in [3.05, 3.63) is 78.4 Å². The molecule has 0 unspecified atom stereocenters. The molecule has 9 nitrogen and oxygen atoms in total. The third-order valence-corrected chi connectivity index (χ3v) is 9.74. The highest BCUT2D eigenvalue weighted by Crippen LogP contribution is 2.46. The van der Waals surface area contributed by atoms with Gasteiger partial charge in [-0.1, -0.05) is 54.6 Å². The molecule has 2 heterocycles. The monoisotopic (exact) mass is 522 g/mol. The van der Waals surface area contributed by atoms with Crippen LogP contribution in [0.25, 0.3) is 10.8 Å². The predicted molar refractivity (Wildman–Crippen MR) is 135 cm³/mol. The van der Waals surface area contributed by atoms with Crippen LogP contribution in [0.4, 0.5) is 0 Å². The van der Waals surface area contributed by atoms with E-state index in [-0.39, 0.29) is 13.2 Å². The quantitative estimate of drug-likeness (QED) is 0.373. The van der Waals surface area contributed by atoms with Crippen molar-refractivity contribution in [2.24, 2.45) is 0 Å². The van der Waals surface area contributed by atoms with Crippen LogP contribution in [0.15, 0.2) is 72.8 Å². The molecule has 2 saturated heterocycles. The summed E-state index contributed by atoms with van der Waals surface area (Å²) in [5.74, 6) is -1.64. The van der Waals surface area contributed by atoms with Crippen molar-refractivity contribution in [2.45, 2.75) is 42.7 Å². The number of rotatable bonds is 7. The van der Waals surface area contributed by atoms with Gasteiger partial charge in [0.15, 0.2) is 21.8 Å². The normalized spacial score (nSPS) is 23.1. The first-order valence-corrected chi connectivity index (χ1v) is 13.3. The molecule has 3 atom stereocenters. The second-order valence-corrected chi connectivity index (χ2v) is 12.2. The van der Waals surface area contributed by atoms with Crippen molar-refractivity contribution in [3.8, 4) is 5.75 Å². The van der Waals surface area contributed by atoms with Gasteiger partial charge in [-0.2, -0.15) is 0 Å². The van der Waals surface area contributed by atoms with E-state index in [0.717, 1.165) is 21.2 Å². The topological polar surface area (TPSA) is 119 Å². The summed E-state index contributed by atoms with van der Waals surface area (Å²) in [5, 5.41) is 3.11. The van der Waals surface area contributed by atoms with Crippen molar-refractivity contribution in [3.63, 3.8) is 0 Å². The van der Waals surface area contributed by atoms with Crippen LogP contribution in [0.1, 0.15) is 19.4 Å². The summed E-state index contributed by atoms with van der Waals surface area (Å²) >= 11 is 0. The van der Waals surface area contributed by atoms with E-state index in [1.54, 1.807) is 30.3 Å². The largest absolute Gasteiger partial charge is 0.484 e. The van der Waals surface area contributed by atoms with Gasteiger partial charge in [0.2, 0.25) is 5.91 Å². The molecular weight excluding hydrogens is 496 g/mol. The molecule has 3 aromatic rings. The average molecular weight is 523 g/mol. The van der Waals surface area contributed by atoms with E-state index in [9.17, 15) is 22.8 Å². The summed E-state index contributed by atoms with van der Waals surface area (Å²) in [7, 11) is -4.02. The summed E-state index contributed by atoms with van der Waals surface area (Å²) in [4.78, 5) is 39.5. The summed E-state index contributed by atoms with van der Waals surface area (Å²) in [5.41, 5.74) is 0.737. The van der Waals surface area contributed by atoms with Gasteiger partial charge in [-0.15, -0.1) is 0 Å². The minimum Gasteiger partial charge on any atom is -0.484 e. The Kier molecular flexibility index (Phi) is 6.15. The second kappa shape index (κ2) is 9.19. The Morgan fingerprint density at radius 2 is 1.65 bits per heavy atom. The van der Waals surface area contributed by atoms with E-state index in [1.165, 1.54) is 13.8 Å². The zero-order valence-electron chi connectivity index (χ0n) is 20.3. The maximum absolute atomic E-state index is 13.3. The minimum absolute atomic E-state index is 0.0695. The van der Waals surface area contributed by atoms with Gasteiger partial charge in [0.05, 0.1) is 0 Å². The standard InChI is InChI=1S/C27H26N2O7S/c1-27(2)23(26(32)36-15-17-12-13-18-8-6-7-9-19(18)14-17)29-24(31)22(25(29)37(27,33)34)28-21(30)16-35-20-10-4-3-5-11-20/h3-14,22-23,25H,15-16H2,1-2H3,(H,28,30)/t22-,23+,25-/m1/s1. The lowest BCUT2D eigenvalue weighted by atomic mass is 9.96. The van der Waals surface area contributed by atoms with E-state index in [2.05, 4.69) is 5.32 Å². The number of carbonyl (C=O) groups excluding carboxylic acids is 3. The number of para-hydroxylation sites is 1. The third kappa shape index (κ3) is 4.21. The number of hydrogen-bond donors (Lipinski definition) is 1. The van der Waals surface area contributed by atoms with E-state index in [0.29, 0.717) is 5.75 Å². The van der Waals surface area contributed by atoms with Crippen LogP contribution < -0.4 is 10.1 Å². The van der Waals surface area contributed by atoms with Gasteiger partial charge in [-0.3, -0.25) is 9.59 Å². The highest BCUT2D eigenvalue weighted by molar-refractivity contribution is 7.94. The molecule has 192 valence electrons. The van der Waals surface area contributed by atoms with Crippen LogP contribution in [-0.2, 0) is 35.6 Å². The Bertz CT molecular complexity index is 1490. The minimum atomic E-state index is -4.02. The predicted octanol–water partition coefficient (Wildman–Crippen LogP) is 2.19. The number of ether oxygens (including phenoxy) is 2. The van der Waals surface area contributed by atoms with Crippen LogP contribution in [0.2, 0.25) is 0 Å². The molecule has 0 spiro atoms. The zero-order chi connectivity index (χ0) is 26.4. The van der Waals surface area contributed by atoms with Crippen molar-refractivity contribution in [1.29, 1.82) is 0 Å². The molecule has 37 heavy (non-hydrogen) atoms. The maximum Gasteiger partial charge on any atom is 0.330 e. The van der Waals surface area contributed by atoms with Gasteiger partial charge in [0, 0.05) is 0 Å². The first-order chi connectivity index (χ1) is 17.6. The van der Waals surface area contributed by atoms with Crippen molar-refractivity contribution in [1.82, 2.24) is 10.2 Å².